The van der Waals surface area contributed by atoms with Crippen molar-refractivity contribution in [2.24, 2.45) is 5.73 Å². The molecule has 0 aliphatic carbocycles. The van der Waals surface area contributed by atoms with Gasteiger partial charge in [-0.3, -0.25) is 4.79 Å². The van der Waals surface area contributed by atoms with Gasteiger partial charge in [0.2, 0.25) is 5.91 Å². The number of hydrogen-bond acceptors (Lipinski definition) is 2. The number of phenolic OH excluding ortho intramolecular Hbond substituents is 1. The van der Waals surface area contributed by atoms with Crippen LogP contribution in [0.5, 0.6) is 5.75 Å². The molecule has 3 nitrogen and oxygen atoms in total. The second-order valence-corrected chi connectivity index (χ2v) is 1.91. The lowest BCUT2D eigenvalue weighted by Crippen LogP contribution is -2.10. The summed E-state index contributed by atoms with van der Waals surface area (Å²) in [5.74, 6) is -0.356. The van der Waals surface area contributed by atoms with Gasteiger partial charge in [-0.1, -0.05) is 7.43 Å². The first-order valence-electron chi connectivity index (χ1n) is 2.79. The van der Waals surface area contributed by atoms with E-state index in [1.54, 1.807) is 0 Å². The lowest BCUT2D eigenvalue weighted by molar-refractivity contribution is 0.100. The fourth-order valence-corrected chi connectivity index (χ4v) is 0.626. The number of aromatic hydroxyl groups is 1. The van der Waals surface area contributed by atoms with E-state index in [0.717, 1.165) is 0 Å². The van der Waals surface area contributed by atoms with E-state index in [-0.39, 0.29) is 13.2 Å². The summed E-state index contributed by atoms with van der Waals surface area (Å²) in [6.45, 7) is 0. The van der Waals surface area contributed by atoms with E-state index in [9.17, 15) is 4.79 Å². The number of benzene rings is 1. The average molecular weight is 153 g/mol. The van der Waals surface area contributed by atoms with Gasteiger partial charge in [0, 0.05) is 5.56 Å². The van der Waals surface area contributed by atoms with Crippen LogP contribution in [0.3, 0.4) is 0 Å². The smallest absolute Gasteiger partial charge is 0.248 e. The average Bonchev–Trinajstić information content (AvgIpc) is 1.88. The lowest BCUT2D eigenvalue weighted by Gasteiger charge is -1.93. The molecule has 1 rings (SSSR count). The molecule has 0 radical (unpaired) electrons. The Morgan fingerprint density at radius 1 is 1.27 bits per heavy atom. The van der Waals surface area contributed by atoms with Gasteiger partial charge < -0.3 is 10.8 Å². The van der Waals surface area contributed by atoms with Gasteiger partial charge >= 0.3 is 0 Å². The van der Waals surface area contributed by atoms with Gasteiger partial charge in [-0.05, 0) is 24.3 Å². The fourth-order valence-electron chi connectivity index (χ4n) is 0.626. The van der Waals surface area contributed by atoms with Gasteiger partial charge in [-0.15, -0.1) is 0 Å². The van der Waals surface area contributed by atoms with Gasteiger partial charge in [0.25, 0.3) is 0 Å². The van der Waals surface area contributed by atoms with E-state index in [0.29, 0.717) is 5.56 Å². The first-order chi connectivity index (χ1) is 4.70. The molecule has 3 heteroatoms. The van der Waals surface area contributed by atoms with Crippen molar-refractivity contribution in [3.63, 3.8) is 0 Å². The second kappa shape index (κ2) is 3.61. The van der Waals surface area contributed by atoms with Crippen molar-refractivity contribution < 1.29 is 9.90 Å². The molecule has 0 fully saturated rings. The minimum Gasteiger partial charge on any atom is -0.508 e. The minimum absolute atomic E-state index is 0. The first kappa shape index (κ1) is 9.49. The SMILES string of the molecule is C.NC(=O)c1ccc(O)cc1. The minimum atomic E-state index is -0.486. The highest BCUT2D eigenvalue weighted by Crippen LogP contribution is 2.08. The van der Waals surface area contributed by atoms with Crippen molar-refractivity contribution >= 4 is 5.91 Å². The molecule has 11 heavy (non-hydrogen) atoms. The number of rotatable bonds is 1. The Labute approximate surface area is 65.5 Å². The number of phenols is 1. The standard InChI is InChI=1S/C7H7NO2.CH4/c8-7(10)5-1-3-6(9)4-2-5;/h1-4,9H,(H2,8,10);1H4. The van der Waals surface area contributed by atoms with Gasteiger partial charge in [-0.2, -0.15) is 0 Å². The van der Waals surface area contributed by atoms with E-state index < -0.39 is 5.91 Å². The summed E-state index contributed by atoms with van der Waals surface area (Å²) in [7, 11) is 0. The maximum Gasteiger partial charge on any atom is 0.248 e. The molecule has 1 aromatic rings. The quantitative estimate of drug-likeness (QED) is 0.635. The van der Waals surface area contributed by atoms with Crippen LogP contribution in [0, 0.1) is 0 Å². The van der Waals surface area contributed by atoms with Gasteiger partial charge in [0.05, 0.1) is 0 Å². The number of hydrogen-bond donors (Lipinski definition) is 2. The Morgan fingerprint density at radius 3 is 2.09 bits per heavy atom. The van der Waals surface area contributed by atoms with Crippen LogP contribution in [0.2, 0.25) is 0 Å². The molecule has 0 aliphatic heterocycles. The van der Waals surface area contributed by atoms with E-state index >= 15 is 0 Å². The molecule has 0 atom stereocenters. The Kier molecular flexibility index (Phi) is 3.11. The third-order valence-electron chi connectivity index (χ3n) is 1.15. The number of nitrogens with two attached hydrogens (primary N) is 1. The number of carbonyl (C=O) groups excluding carboxylic acids is 1. The Balaban J connectivity index is 0.000001000. The largest absolute Gasteiger partial charge is 0.508 e. The summed E-state index contributed by atoms with van der Waals surface area (Å²) in [4.78, 5) is 10.5. The van der Waals surface area contributed by atoms with Crippen LogP contribution in [-0.4, -0.2) is 11.0 Å². The van der Waals surface area contributed by atoms with Crippen molar-refractivity contribution in [1.29, 1.82) is 0 Å². The van der Waals surface area contributed by atoms with Crippen LogP contribution in [-0.2, 0) is 0 Å². The summed E-state index contributed by atoms with van der Waals surface area (Å²) in [5.41, 5.74) is 5.34. The predicted molar refractivity (Wildman–Crippen MR) is 43.4 cm³/mol. The Hall–Kier alpha value is -1.51. The summed E-state index contributed by atoms with van der Waals surface area (Å²) >= 11 is 0. The normalized spacial score (nSPS) is 8.36. The molecule has 0 bridgehead atoms. The zero-order valence-corrected chi connectivity index (χ0v) is 5.24. The van der Waals surface area contributed by atoms with Gasteiger partial charge in [0.1, 0.15) is 5.75 Å². The molecule has 0 spiro atoms. The molecule has 0 heterocycles. The number of amides is 1. The van der Waals surface area contributed by atoms with Crippen LogP contribution in [0.25, 0.3) is 0 Å². The van der Waals surface area contributed by atoms with Crippen molar-refractivity contribution in [3.05, 3.63) is 29.8 Å². The molecule has 0 unspecified atom stereocenters. The number of primary amides is 1. The molecule has 60 valence electrons. The molecular weight excluding hydrogens is 142 g/mol. The first-order valence-corrected chi connectivity index (χ1v) is 2.79. The molecule has 0 saturated carbocycles. The van der Waals surface area contributed by atoms with Crippen LogP contribution in [0.1, 0.15) is 17.8 Å². The molecule has 0 aromatic heterocycles. The maximum absolute atomic E-state index is 10.5. The van der Waals surface area contributed by atoms with E-state index in [4.69, 9.17) is 10.8 Å². The molecule has 1 amide bonds. The van der Waals surface area contributed by atoms with Crippen LogP contribution < -0.4 is 5.73 Å². The van der Waals surface area contributed by atoms with Gasteiger partial charge in [0.15, 0.2) is 0 Å². The predicted octanol–water partition coefficient (Wildman–Crippen LogP) is 1.13. The second-order valence-electron chi connectivity index (χ2n) is 1.91. The van der Waals surface area contributed by atoms with Crippen LogP contribution in [0.4, 0.5) is 0 Å². The van der Waals surface area contributed by atoms with E-state index in [2.05, 4.69) is 0 Å². The van der Waals surface area contributed by atoms with Gasteiger partial charge in [-0.25, -0.2) is 0 Å². The molecule has 1 aromatic carbocycles. The van der Waals surface area contributed by atoms with Crippen LogP contribution >= 0.6 is 0 Å². The summed E-state index contributed by atoms with van der Waals surface area (Å²) in [5, 5.41) is 8.79. The highest BCUT2D eigenvalue weighted by Gasteiger charge is 1.96. The summed E-state index contributed by atoms with van der Waals surface area (Å²) in [6.07, 6.45) is 0. The van der Waals surface area contributed by atoms with Crippen molar-refractivity contribution in [2.75, 3.05) is 0 Å². The fraction of sp³-hybridized carbons (Fsp3) is 0.125. The Morgan fingerprint density at radius 2 is 1.73 bits per heavy atom. The zero-order valence-electron chi connectivity index (χ0n) is 5.24. The Bertz CT molecular complexity index is 241. The van der Waals surface area contributed by atoms with Crippen molar-refractivity contribution in [3.8, 4) is 5.75 Å². The third-order valence-corrected chi connectivity index (χ3v) is 1.15. The highest BCUT2D eigenvalue weighted by atomic mass is 16.3. The van der Waals surface area contributed by atoms with E-state index in [1.165, 1.54) is 24.3 Å². The molecule has 0 saturated heterocycles. The van der Waals surface area contributed by atoms with Crippen molar-refractivity contribution in [1.82, 2.24) is 0 Å². The monoisotopic (exact) mass is 153 g/mol. The maximum atomic E-state index is 10.5. The topological polar surface area (TPSA) is 63.3 Å². The highest BCUT2D eigenvalue weighted by molar-refractivity contribution is 5.92. The molecule has 0 aliphatic rings. The van der Waals surface area contributed by atoms with E-state index in [1.807, 2.05) is 0 Å². The summed E-state index contributed by atoms with van der Waals surface area (Å²) in [6, 6.07) is 5.77. The van der Waals surface area contributed by atoms with Crippen LogP contribution in [0.15, 0.2) is 24.3 Å². The molecule has 3 N–H and O–H groups in total. The third kappa shape index (κ3) is 2.29. The molecular formula is C8H11NO2. The number of carbonyl (C=O) groups is 1. The lowest BCUT2D eigenvalue weighted by atomic mass is 10.2. The summed E-state index contributed by atoms with van der Waals surface area (Å²) < 4.78 is 0. The zero-order chi connectivity index (χ0) is 7.56. The van der Waals surface area contributed by atoms with Crippen molar-refractivity contribution in [2.45, 2.75) is 7.43 Å².